The third kappa shape index (κ3) is 3.11. The number of alkyl halides is 1. The summed E-state index contributed by atoms with van der Waals surface area (Å²) >= 11 is 7.34. The fourth-order valence-corrected chi connectivity index (χ4v) is 3.63. The second-order valence-electron chi connectivity index (χ2n) is 4.99. The van der Waals surface area contributed by atoms with Gasteiger partial charge in [0.15, 0.2) is 0 Å². The van der Waals surface area contributed by atoms with Crippen molar-refractivity contribution < 1.29 is 9.47 Å². The molecule has 1 aliphatic heterocycles. The zero-order valence-corrected chi connectivity index (χ0v) is 14.9. The van der Waals surface area contributed by atoms with E-state index in [4.69, 9.17) is 9.47 Å². The highest BCUT2D eigenvalue weighted by atomic mass is 79.9. The van der Waals surface area contributed by atoms with Crippen LogP contribution < -0.4 is 9.47 Å². The van der Waals surface area contributed by atoms with Crippen LogP contribution in [-0.2, 0) is 6.42 Å². The van der Waals surface area contributed by atoms with Gasteiger partial charge in [-0.15, -0.1) is 0 Å². The topological polar surface area (TPSA) is 18.5 Å². The molecule has 0 aromatic heterocycles. The van der Waals surface area contributed by atoms with Crippen LogP contribution in [0.2, 0.25) is 0 Å². The Morgan fingerprint density at radius 1 is 1.29 bits per heavy atom. The van der Waals surface area contributed by atoms with Crippen molar-refractivity contribution in [3.05, 3.63) is 58.1 Å². The fourth-order valence-electron chi connectivity index (χ4n) is 2.59. The first kappa shape index (κ1) is 14.9. The van der Waals surface area contributed by atoms with Crippen LogP contribution in [0, 0.1) is 0 Å². The fraction of sp³-hybridized carbons (Fsp3) is 0.294. The van der Waals surface area contributed by atoms with Gasteiger partial charge >= 0.3 is 0 Å². The molecule has 21 heavy (non-hydrogen) atoms. The summed E-state index contributed by atoms with van der Waals surface area (Å²) in [6.45, 7) is 2.65. The van der Waals surface area contributed by atoms with Crippen LogP contribution in [0.15, 0.2) is 46.9 Å². The van der Waals surface area contributed by atoms with E-state index in [9.17, 15) is 0 Å². The van der Waals surface area contributed by atoms with Gasteiger partial charge in [0.1, 0.15) is 17.6 Å². The lowest BCUT2D eigenvalue weighted by molar-refractivity contribution is 0.229. The molecule has 110 valence electrons. The van der Waals surface area contributed by atoms with Crippen molar-refractivity contribution in [2.24, 2.45) is 0 Å². The lowest BCUT2D eigenvalue weighted by atomic mass is 10.0. The molecule has 0 amide bonds. The van der Waals surface area contributed by atoms with E-state index in [1.54, 1.807) is 0 Å². The summed E-state index contributed by atoms with van der Waals surface area (Å²) in [5.74, 6) is 1.89. The summed E-state index contributed by atoms with van der Waals surface area (Å²) in [4.78, 5) is 0.0870. The first-order valence-electron chi connectivity index (χ1n) is 7.00. The highest BCUT2D eigenvalue weighted by Gasteiger charge is 2.31. The zero-order chi connectivity index (χ0) is 14.8. The summed E-state index contributed by atoms with van der Waals surface area (Å²) in [6, 6.07) is 14.3. The quantitative estimate of drug-likeness (QED) is 0.636. The summed E-state index contributed by atoms with van der Waals surface area (Å²) in [5.41, 5.74) is 2.38. The van der Waals surface area contributed by atoms with E-state index in [-0.39, 0.29) is 10.9 Å². The van der Waals surface area contributed by atoms with Gasteiger partial charge in [-0.2, -0.15) is 0 Å². The maximum absolute atomic E-state index is 6.08. The van der Waals surface area contributed by atoms with E-state index in [2.05, 4.69) is 50.1 Å². The highest BCUT2D eigenvalue weighted by Crippen LogP contribution is 2.42. The number of para-hydroxylation sites is 1. The molecule has 2 nitrogen and oxygen atoms in total. The lowest BCUT2D eigenvalue weighted by Gasteiger charge is -2.21. The molecular weight excluding hydrogens is 396 g/mol. The molecule has 3 rings (SSSR count). The average molecular weight is 412 g/mol. The maximum Gasteiger partial charge on any atom is 0.123 e. The van der Waals surface area contributed by atoms with Gasteiger partial charge in [0, 0.05) is 16.5 Å². The Morgan fingerprint density at radius 3 is 2.86 bits per heavy atom. The van der Waals surface area contributed by atoms with Crippen molar-refractivity contribution in [3.8, 4) is 11.5 Å². The Labute approximate surface area is 141 Å². The van der Waals surface area contributed by atoms with Gasteiger partial charge in [0.05, 0.1) is 11.4 Å². The molecular formula is C17H16Br2O2. The summed E-state index contributed by atoms with van der Waals surface area (Å²) in [6.07, 6.45) is 0.986. The van der Waals surface area contributed by atoms with E-state index < -0.39 is 0 Å². The second-order valence-corrected chi connectivity index (χ2v) is 6.89. The number of hydrogen-bond acceptors (Lipinski definition) is 2. The Balaban J connectivity index is 1.86. The molecule has 2 unspecified atom stereocenters. The smallest absolute Gasteiger partial charge is 0.123 e. The molecule has 0 N–H and O–H groups in total. The third-order valence-corrected chi connectivity index (χ3v) is 5.14. The van der Waals surface area contributed by atoms with Gasteiger partial charge in [0.25, 0.3) is 0 Å². The largest absolute Gasteiger partial charge is 0.494 e. The number of benzene rings is 2. The van der Waals surface area contributed by atoms with Gasteiger partial charge in [-0.25, -0.2) is 0 Å². The van der Waals surface area contributed by atoms with E-state index in [0.29, 0.717) is 6.61 Å². The third-order valence-electron chi connectivity index (χ3n) is 3.57. The van der Waals surface area contributed by atoms with Crippen molar-refractivity contribution in [2.45, 2.75) is 24.3 Å². The molecule has 2 aromatic carbocycles. The number of rotatable bonds is 4. The molecule has 1 aliphatic rings. The van der Waals surface area contributed by atoms with Gasteiger partial charge in [-0.1, -0.05) is 50.1 Å². The monoisotopic (exact) mass is 410 g/mol. The van der Waals surface area contributed by atoms with Crippen molar-refractivity contribution in [1.29, 1.82) is 0 Å². The molecule has 0 aliphatic carbocycles. The maximum atomic E-state index is 6.08. The van der Waals surface area contributed by atoms with E-state index in [1.165, 1.54) is 5.56 Å². The Kier molecular flexibility index (Phi) is 4.55. The second kappa shape index (κ2) is 6.41. The molecule has 1 heterocycles. The SMILES string of the molecule is CCOc1ccc(Br)cc1C(Br)C1Cc2ccccc2O1. The van der Waals surface area contributed by atoms with Crippen molar-refractivity contribution in [3.63, 3.8) is 0 Å². The standard InChI is InChI=1S/C17H16Br2O2/c1-2-20-15-8-7-12(18)10-13(15)17(19)16-9-11-5-3-4-6-14(11)21-16/h3-8,10,16-17H,2,9H2,1H3. The van der Waals surface area contributed by atoms with Gasteiger partial charge in [-0.3, -0.25) is 0 Å². The van der Waals surface area contributed by atoms with Crippen LogP contribution in [0.25, 0.3) is 0 Å². The molecule has 0 spiro atoms. The Hall–Kier alpha value is -1.00. The predicted octanol–water partition coefficient (Wildman–Crippen LogP) is 5.29. The molecule has 0 fully saturated rings. The zero-order valence-electron chi connectivity index (χ0n) is 11.7. The van der Waals surface area contributed by atoms with Crippen molar-refractivity contribution >= 4 is 31.9 Å². The minimum absolute atomic E-state index is 0.0795. The number of fused-ring (bicyclic) bond motifs is 1. The van der Waals surface area contributed by atoms with Gasteiger partial charge in [0.2, 0.25) is 0 Å². The molecule has 0 bridgehead atoms. The normalized spacial score (nSPS) is 18.0. The minimum Gasteiger partial charge on any atom is -0.494 e. The van der Waals surface area contributed by atoms with Crippen molar-refractivity contribution in [2.75, 3.05) is 6.61 Å². The number of ether oxygens (including phenoxy) is 2. The van der Waals surface area contributed by atoms with E-state index in [1.807, 2.05) is 31.2 Å². The van der Waals surface area contributed by atoms with Gasteiger partial charge in [-0.05, 0) is 36.8 Å². The molecule has 0 saturated heterocycles. The molecule has 0 saturated carbocycles. The van der Waals surface area contributed by atoms with Crippen LogP contribution in [-0.4, -0.2) is 12.7 Å². The van der Waals surface area contributed by atoms with Crippen molar-refractivity contribution in [1.82, 2.24) is 0 Å². The summed E-state index contributed by atoms with van der Waals surface area (Å²) < 4.78 is 12.9. The highest BCUT2D eigenvalue weighted by molar-refractivity contribution is 9.10. The summed E-state index contributed by atoms with van der Waals surface area (Å²) in [5, 5.41) is 0. The number of hydrogen-bond donors (Lipinski definition) is 0. The Bertz CT molecular complexity index is 617. The van der Waals surface area contributed by atoms with Crippen LogP contribution in [0.4, 0.5) is 0 Å². The van der Waals surface area contributed by atoms with Crippen LogP contribution in [0.3, 0.4) is 0 Å². The van der Waals surface area contributed by atoms with Crippen LogP contribution in [0.5, 0.6) is 11.5 Å². The predicted molar refractivity (Wildman–Crippen MR) is 91.5 cm³/mol. The van der Waals surface area contributed by atoms with Crippen LogP contribution in [0.1, 0.15) is 22.9 Å². The lowest BCUT2D eigenvalue weighted by Crippen LogP contribution is -2.19. The molecule has 0 radical (unpaired) electrons. The van der Waals surface area contributed by atoms with E-state index in [0.717, 1.165) is 28.0 Å². The molecule has 4 heteroatoms. The summed E-state index contributed by atoms with van der Waals surface area (Å²) in [7, 11) is 0. The average Bonchev–Trinajstić information content (AvgIpc) is 2.92. The minimum atomic E-state index is 0.0795. The number of halogens is 2. The first-order chi connectivity index (χ1) is 10.2. The van der Waals surface area contributed by atoms with E-state index >= 15 is 0 Å². The molecule has 2 aromatic rings. The van der Waals surface area contributed by atoms with Gasteiger partial charge < -0.3 is 9.47 Å². The first-order valence-corrected chi connectivity index (χ1v) is 8.70. The Morgan fingerprint density at radius 2 is 2.10 bits per heavy atom. The molecule has 2 atom stereocenters. The van der Waals surface area contributed by atoms with Crippen LogP contribution >= 0.6 is 31.9 Å².